The average Bonchev–Trinajstić information content (AvgIpc) is 2.79. The molecule has 4 heterocycles. The van der Waals surface area contributed by atoms with Crippen molar-refractivity contribution in [3.05, 3.63) is 30.1 Å². The monoisotopic (exact) mass is 305 g/mol. The molecule has 1 aromatic rings. The van der Waals surface area contributed by atoms with Crippen LogP contribution >= 0.6 is 11.8 Å². The number of carbonyl (C=O) groups excluding carboxylic acids is 1. The zero-order chi connectivity index (χ0) is 14.7. The van der Waals surface area contributed by atoms with Crippen molar-refractivity contribution in [2.75, 3.05) is 31.6 Å². The third kappa shape index (κ3) is 3.58. The lowest BCUT2D eigenvalue weighted by molar-refractivity contribution is -0.132. The molecule has 4 nitrogen and oxygen atoms in total. The maximum Gasteiger partial charge on any atom is 0.232 e. The van der Waals surface area contributed by atoms with Crippen LogP contribution in [0.3, 0.4) is 0 Å². The van der Waals surface area contributed by atoms with E-state index < -0.39 is 0 Å². The van der Waals surface area contributed by atoms with Gasteiger partial charge in [-0.3, -0.25) is 14.7 Å². The van der Waals surface area contributed by atoms with E-state index >= 15 is 0 Å². The van der Waals surface area contributed by atoms with Gasteiger partial charge in [0.05, 0.1) is 5.75 Å². The van der Waals surface area contributed by atoms with Crippen LogP contribution < -0.4 is 0 Å². The molecule has 3 aliphatic heterocycles. The Morgan fingerprint density at radius 2 is 2.29 bits per heavy atom. The van der Waals surface area contributed by atoms with Gasteiger partial charge in [0.1, 0.15) is 0 Å². The Bertz CT molecular complexity index is 482. The fraction of sp³-hybridized carbons (Fsp3) is 0.625. The van der Waals surface area contributed by atoms with E-state index in [1.807, 2.05) is 24.7 Å². The minimum atomic E-state index is 0.320. The van der Waals surface area contributed by atoms with Crippen LogP contribution in [-0.4, -0.2) is 58.4 Å². The number of carbonyl (C=O) groups is 1. The van der Waals surface area contributed by atoms with E-state index in [1.54, 1.807) is 11.8 Å². The molecule has 0 spiro atoms. The summed E-state index contributed by atoms with van der Waals surface area (Å²) < 4.78 is 0. The lowest BCUT2D eigenvalue weighted by atomic mass is 9.95. The van der Waals surface area contributed by atoms with Crippen LogP contribution in [-0.2, 0) is 11.3 Å². The number of amides is 1. The van der Waals surface area contributed by atoms with E-state index in [2.05, 4.69) is 20.9 Å². The molecule has 0 aliphatic carbocycles. The lowest BCUT2D eigenvalue weighted by Crippen LogP contribution is -2.48. The van der Waals surface area contributed by atoms with Crippen molar-refractivity contribution in [2.45, 2.75) is 25.4 Å². The number of fused-ring (bicyclic) bond motifs is 4. The Morgan fingerprint density at radius 3 is 3.05 bits per heavy atom. The molecule has 3 aliphatic rings. The van der Waals surface area contributed by atoms with E-state index in [-0.39, 0.29) is 0 Å². The number of hydrogen-bond acceptors (Lipinski definition) is 4. The van der Waals surface area contributed by atoms with Crippen LogP contribution in [0.2, 0.25) is 0 Å². The Kier molecular flexibility index (Phi) is 4.80. The largest absolute Gasteiger partial charge is 0.337 e. The van der Waals surface area contributed by atoms with Gasteiger partial charge in [0.2, 0.25) is 5.91 Å². The molecule has 114 valence electrons. The van der Waals surface area contributed by atoms with Gasteiger partial charge in [0, 0.05) is 44.6 Å². The highest BCUT2D eigenvalue weighted by Gasteiger charge is 2.36. The van der Waals surface area contributed by atoms with E-state index in [4.69, 9.17) is 0 Å². The second-order valence-corrected chi connectivity index (χ2v) is 7.00. The number of thioether (sulfide) groups is 1. The predicted octanol–water partition coefficient (Wildman–Crippen LogP) is 1.87. The number of nitrogens with zero attached hydrogens (tertiary/aromatic N) is 3. The highest BCUT2D eigenvalue weighted by Crippen LogP contribution is 2.29. The van der Waals surface area contributed by atoms with Gasteiger partial charge < -0.3 is 4.90 Å². The maximum absolute atomic E-state index is 12.3. The van der Waals surface area contributed by atoms with Crippen molar-refractivity contribution in [3.8, 4) is 0 Å². The molecule has 0 aromatic carbocycles. The lowest BCUT2D eigenvalue weighted by Gasteiger charge is -2.36. The van der Waals surface area contributed by atoms with Gasteiger partial charge in [-0.05, 0) is 36.6 Å². The van der Waals surface area contributed by atoms with Crippen molar-refractivity contribution in [1.82, 2.24) is 14.8 Å². The van der Waals surface area contributed by atoms with Crippen LogP contribution in [0.4, 0.5) is 0 Å². The number of hydrogen-bond donors (Lipinski definition) is 0. The molecule has 4 rings (SSSR count). The summed E-state index contributed by atoms with van der Waals surface area (Å²) in [6, 6.07) is 4.53. The minimum Gasteiger partial charge on any atom is -0.337 e. The minimum absolute atomic E-state index is 0.320. The van der Waals surface area contributed by atoms with E-state index in [9.17, 15) is 4.79 Å². The Balaban J connectivity index is 1.67. The molecule has 0 unspecified atom stereocenters. The molecule has 1 aromatic heterocycles. The molecule has 3 saturated heterocycles. The first-order valence-corrected chi connectivity index (χ1v) is 9.05. The standard InChI is InChI=1S/C16H23N3OS/c1-21-12-16(20)19-10-14-4-5-15(19)11-18(9-14)8-13-3-2-6-17-7-13/h2-3,6-7,14-15H,4-5,8-12H2,1H3/t14-,15+/m1/s1. The Hall–Kier alpha value is -1.07. The van der Waals surface area contributed by atoms with Crippen LogP contribution in [0.5, 0.6) is 0 Å². The van der Waals surface area contributed by atoms with Crippen molar-refractivity contribution < 1.29 is 4.79 Å². The maximum atomic E-state index is 12.3. The number of piperidine rings is 1. The molecule has 2 bridgehead atoms. The average molecular weight is 305 g/mol. The fourth-order valence-electron chi connectivity index (χ4n) is 3.57. The smallest absolute Gasteiger partial charge is 0.232 e. The summed E-state index contributed by atoms with van der Waals surface area (Å²) >= 11 is 1.63. The summed E-state index contributed by atoms with van der Waals surface area (Å²) in [7, 11) is 0. The summed E-state index contributed by atoms with van der Waals surface area (Å²) in [5.74, 6) is 1.57. The van der Waals surface area contributed by atoms with Gasteiger partial charge >= 0.3 is 0 Å². The quantitative estimate of drug-likeness (QED) is 0.851. The first kappa shape index (κ1) is 14.9. The van der Waals surface area contributed by atoms with E-state index in [1.165, 1.54) is 12.0 Å². The number of rotatable bonds is 4. The van der Waals surface area contributed by atoms with Gasteiger partial charge in [-0.2, -0.15) is 11.8 Å². The molecule has 2 atom stereocenters. The van der Waals surface area contributed by atoms with Crippen LogP contribution in [0.15, 0.2) is 24.5 Å². The molecule has 1 amide bonds. The molecular formula is C16H23N3OS. The fourth-order valence-corrected chi connectivity index (χ4v) is 3.98. The third-order valence-corrected chi connectivity index (χ3v) is 5.04. The van der Waals surface area contributed by atoms with Crippen molar-refractivity contribution in [3.63, 3.8) is 0 Å². The summed E-state index contributed by atoms with van der Waals surface area (Å²) in [4.78, 5) is 21.1. The molecule has 3 fully saturated rings. The summed E-state index contributed by atoms with van der Waals surface area (Å²) in [5.41, 5.74) is 1.26. The van der Waals surface area contributed by atoms with Gasteiger partial charge in [-0.25, -0.2) is 0 Å². The predicted molar refractivity (Wildman–Crippen MR) is 86.1 cm³/mol. The SMILES string of the molecule is CSCC(=O)N1C[C@@H]2CC[C@H]1CN(Cc1cccnc1)C2. The molecule has 0 N–H and O–H groups in total. The summed E-state index contributed by atoms with van der Waals surface area (Å²) in [6.45, 7) is 4.01. The number of pyridine rings is 1. The zero-order valence-corrected chi connectivity index (χ0v) is 13.4. The van der Waals surface area contributed by atoms with Gasteiger partial charge in [0.25, 0.3) is 0 Å². The second-order valence-electron chi connectivity index (χ2n) is 6.13. The number of aromatic nitrogens is 1. The molecule has 0 saturated carbocycles. The van der Waals surface area contributed by atoms with Crippen molar-refractivity contribution in [2.24, 2.45) is 5.92 Å². The van der Waals surface area contributed by atoms with Crippen LogP contribution in [0.1, 0.15) is 18.4 Å². The highest BCUT2D eigenvalue weighted by molar-refractivity contribution is 7.99. The third-order valence-electron chi connectivity index (χ3n) is 4.51. The van der Waals surface area contributed by atoms with E-state index in [0.29, 0.717) is 23.6 Å². The van der Waals surface area contributed by atoms with Crippen LogP contribution in [0.25, 0.3) is 0 Å². The highest BCUT2D eigenvalue weighted by atomic mass is 32.2. The summed E-state index contributed by atoms with van der Waals surface area (Å²) in [5, 5.41) is 0. The topological polar surface area (TPSA) is 36.4 Å². The van der Waals surface area contributed by atoms with Gasteiger partial charge in [0.15, 0.2) is 0 Å². The first-order chi connectivity index (χ1) is 10.3. The van der Waals surface area contributed by atoms with Crippen molar-refractivity contribution >= 4 is 17.7 Å². The normalized spacial score (nSPS) is 25.9. The molecule has 5 heteroatoms. The van der Waals surface area contributed by atoms with Crippen molar-refractivity contribution in [1.29, 1.82) is 0 Å². The van der Waals surface area contributed by atoms with E-state index in [0.717, 1.165) is 32.6 Å². The van der Waals surface area contributed by atoms with Gasteiger partial charge in [-0.1, -0.05) is 6.07 Å². The van der Waals surface area contributed by atoms with Gasteiger partial charge in [-0.15, -0.1) is 0 Å². The first-order valence-electron chi connectivity index (χ1n) is 7.66. The Morgan fingerprint density at radius 1 is 1.38 bits per heavy atom. The van der Waals surface area contributed by atoms with Crippen LogP contribution in [0, 0.1) is 5.92 Å². The molecule has 21 heavy (non-hydrogen) atoms. The summed E-state index contributed by atoms with van der Waals surface area (Å²) in [6.07, 6.45) is 8.19. The molecule has 0 radical (unpaired) electrons. The second kappa shape index (κ2) is 6.79. The Labute approximate surface area is 130 Å². The zero-order valence-electron chi connectivity index (χ0n) is 12.6. The molecular weight excluding hydrogens is 282 g/mol.